The standard InChI is InChI=1S/C14H22N2O3/c1-11(17)16(10-12-6-5-9-19-12)8-7-15-13(18)14(2,3)4/h5-6,9H,7-8,10H2,1-4H3,(H,15,18). The quantitative estimate of drug-likeness (QED) is 0.883. The van der Waals surface area contributed by atoms with E-state index in [2.05, 4.69) is 5.32 Å². The molecule has 2 amide bonds. The summed E-state index contributed by atoms with van der Waals surface area (Å²) >= 11 is 0. The van der Waals surface area contributed by atoms with Crippen molar-refractivity contribution < 1.29 is 14.0 Å². The Kier molecular flexibility index (Phi) is 5.15. The van der Waals surface area contributed by atoms with E-state index < -0.39 is 5.41 Å². The Balaban J connectivity index is 2.43. The maximum absolute atomic E-state index is 11.7. The van der Waals surface area contributed by atoms with Crippen LogP contribution in [-0.4, -0.2) is 29.8 Å². The minimum Gasteiger partial charge on any atom is -0.467 e. The zero-order chi connectivity index (χ0) is 14.5. The predicted octanol–water partition coefficient (Wildman–Crippen LogP) is 1.79. The minimum atomic E-state index is -0.415. The van der Waals surface area contributed by atoms with Gasteiger partial charge in [-0.2, -0.15) is 0 Å². The molecule has 0 atom stereocenters. The molecule has 1 aromatic rings. The van der Waals surface area contributed by atoms with E-state index in [4.69, 9.17) is 4.42 Å². The summed E-state index contributed by atoms with van der Waals surface area (Å²) < 4.78 is 5.21. The fourth-order valence-electron chi connectivity index (χ4n) is 1.51. The van der Waals surface area contributed by atoms with Crippen LogP contribution in [0.2, 0.25) is 0 Å². The van der Waals surface area contributed by atoms with Gasteiger partial charge < -0.3 is 14.6 Å². The van der Waals surface area contributed by atoms with E-state index in [0.717, 1.165) is 5.76 Å². The highest BCUT2D eigenvalue weighted by atomic mass is 16.3. The van der Waals surface area contributed by atoms with Gasteiger partial charge >= 0.3 is 0 Å². The summed E-state index contributed by atoms with van der Waals surface area (Å²) in [5, 5.41) is 2.82. The second-order valence-corrected chi connectivity index (χ2v) is 5.53. The molecule has 0 unspecified atom stereocenters. The van der Waals surface area contributed by atoms with Crippen LogP contribution in [-0.2, 0) is 16.1 Å². The Morgan fingerprint density at radius 1 is 1.37 bits per heavy atom. The van der Waals surface area contributed by atoms with Crippen LogP contribution >= 0.6 is 0 Å². The molecule has 0 aliphatic rings. The first-order valence-corrected chi connectivity index (χ1v) is 6.37. The number of nitrogens with zero attached hydrogens (tertiary/aromatic N) is 1. The van der Waals surface area contributed by atoms with Crippen molar-refractivity contribution in [2.24, 2.45) is 5.41 Å². The van der Waals surface area contributed by atoms with Crippen molar-refractivity contribution in [2.75, 3.05) is 13.1 Å². The molecule has 0 bridgehead atoms. The number of hydrogen-bond donors (Lipinski definition) is 1. The molecule has 0 aliphatic heterocycles. The molecule has 0 fully saturated rings. The number of carbonyl (C=O) groups is 2. The third-order valence-electron chi connectivity index (χ3n) is 2.72. The first-order valence-electron chi connectivity index (χ1n) is 6.37. The first kappa shape index (κ1) is 15.3. The van der Waals surface area contributed by atoms with Gasteiger partial charge in [0.25, 0.3) is 0 Å². The molecular weight excluding hydrogens is 244 g/mol. The Labute approximate surface area is 114 Å². The topological polar surface area (TPSA) is 62.6 Å². The Morgan fingerprint density at radius 2 is 2.05 bits per heavy atom. The molecule has 0 aliphatic carbocycles. The zero-order valence-electron chi connectivity index (χ0n) is 12.0. The molecule has 1 rings (SSSR count). The second kappa shape index (κ2) is 6.41. The zero-order valence-corrected chi connectivity index (χ0v) is 12.0. The summed E-state index contributed by atoms with van der Waals surface area (Å²) in [6.45, 7) is 8.41. The number of amides is 2. The van der Waals surface area contributed by atoms with Crippen molar-refractivity contribution in [1.29, 1.82) is 0 Å². The summed E-state index contributed by atoms with van der Waals surface area (Å²) in [4.78, 5) is 24.9. The summed E-state index contributed by atoms with van der Waals surface area (Å²) in [7, 11) is 0. The first-order chi connectivity index (χ1) is 8.80. The van der Waals surface area contributed by atoms with E-state index >= 15 is 0 Å². The molecule has 0 saturated heterocycles. The van der Waals surface area contributed by atoms with Gasteiger partial charge in [-0.3, -0.25) is 9.59 Å². The lowest BCUT2D eigenvalue weighted by atomic mass is 9.96. The third-order valence-corrected chi connectivity index (χ3v) is 2.72. The van der Waals surface area contributed by atoms with Crippen LogP contribution in [0.1, 0.15) is 33.5 Å². The van der Waals surface area contributed by atoms with Crippen molar-refractivity contribution in [1.82, 2.24) is 10.2 Å². The predicted molar refractivity (Wildman–Crippen MR) is 72.3 cm³/mol. The van der Waals surface area contributed by atoms with Gasteiger partial charge in [0.2, 0.25) is 11.8 Å². The van der Waals surface area contributed by atoms with Crippen LogP contribution < -0.4 is 5.32 Å². The molecule has 106 valence electrons. The lowest BCUT2D eigenvalue weighted by Crippen LogP contribution is -2.41. The van der Waals surface area contributed by atoms with Crippen LogP contribution in [0.25, 0.3) is 0 Å². The van der Waals surface area contributed by atoms with Gasteiger partial charge in [-0.15, -0.1) is 0 Å². The largest absolute Gasteiger partial charge is 0.467 e. The number of furan rings is 1. The molecule has 1 aromatic heterocycles. The molecule has 0 spiro atoms. The average Bonchev–Trinajstić information content (AvgIpc) is 2.78. The number of carbonyl (C=O) groups excluding carboxylic acids is 2. The maximum Gasteiger partial charge on any atom is 0.225 e. The number of rotatable bonds is 5. The maximum atomic E-state index is 11.7. The normalized spacial score (nSPS) is 11.2. The molecule has 0 aromatic carbocycles. The molecule has 5 nitrogen and oxygen atoms in total. The minimum absolute atomic E-state index is 0.0194. The highest BCUT2D eigenvalue weighted by Gasteiger charge is 2.21. The van der Waals surface area contributed by atoms with Crippen molar-refractivity contribution in [2.45, 2.75) is 34.2 Å². The van der Waals surface area contributed by atoms with E-state index in [1.807, 2.05) is 26.8 Å². The fraction of sp³-hybridized carbons (Fsp3) is 0.571. The Hall–Kier alpha value is -1.78. The second-order valence-electron chi connectivity index (χ2n) is 5.53. The van der Waals surface area contributed by atoms with Gasteiger partial charge in [0.15, 0.2) is 0 Å². The van der Waals surface area contributed by atoms with Gasteiger partial charge in [0.05, 0.1) is 12.8 Å². The summed E-state index contributed by atoms with van der Waals surface area (Å²) in [6.07, 6.45) is 1.58. The Morgan fingerprint density at radius 3 is 2.53 bits per heavy atom. The van der Waals surface area contributed by atoms with Crippen molar-refractivity contribution >= 4 is 11.8 Å². The van der Waals surface area contributed by atoms with Crippen LogP contribution in [0.4, 0.5) is 0 Å². The van der Waals surface area contributed by atoms with E-state index in [1.54, 1.807) is 17.2 Å². The molecule has 5 heteroatoms. The smallest absolute Gasteiger partial charge is 0.225 e. The van der Waals surface area contributed by atoms with Crippen LogP contribution in [0, 0.1) is 5.41 Å². The molecule has 0 radical (unpaired) electrons. The van der Waals surface area contributed by atoms with E-state index in [9.17, 15) is 9.59 Å². The van der Waals surface area contributed by atoms with Crippen LogP contribution in [0.3, 0.4) is 0 Å². The molecule has 0 saturated carbocycles. The van der Waals surface area contributed by atoms with Gasteiger partial charge in [-0.25, -0.2) is 0 Å². The summed E-state index contributed by atoms with van der Waals surface area (Å²) in [5.41, 5.74) is -0.415. The lowest BCUT2D eigenvalue weighted by molar-refractivity contribution is -0.131. The number of hydrogen-bond acceptors (Lipinski definition) is 3. The van der Waals surface area contributed by atoms with Crippen molar-refractivity contribution in [3.63, 3.8) is 0 Å². The molecule has 1 heterocycles. The molecule has 1 N–H and O–H groups in total. The van der Waals surface area contributed by atoms with Gasteiger partial charge in [-0.1, -0.05) is 20.8 Å². The van der Waals surface area contributed by atoms with Crippen LogP contribution in [0.5, 0.6) is 0 Å². The van der Waals surface area contributed by atoms with E-state index in [1.165, 1.54) is 6.92 Å². The highest BCUT2D eigenvalue weighted by molar-refractivity contribution is 5.81. The monoisotopic (exact) mass is 266 g/mol. The highest BCUT2D eigenvalue weighted by Crippen LogP contribution is 2.12. The van der Waals surface area contributed by atoms with E-state index in [0.29, 0.717) is 19.6 Å². The number of nitrogens with one attached hydrogen (secondary N) is 1. The average molecular weight is 266 g/mol. The third kappa shape index (κ3) is 5.16. The van der Waals surface area contributed by atoms with Gasteiger partial charge in [0, 0.05) is 25.4 Å². The Bertz CT molecular complexity index is 418. The van der Waals surface area contributed by atoms with Gasteiger partial charge in [0.1, 0.15) is 5.76 Å². The summed E-state index contributed by atoms with van der Waals surface area (Å²) in [6, 6.07) is 3.61. The van der Waals surface area contributed by atoms with Gasteiger partial charge in [-0.05, 0) is 12.1 Å². The summed E-state index contributed by atoms with van der Waals surface area (Å²) in [5.74, 6) is 0.674. The SMILES string of the molecule is CC(=O)N(CCNC(=O)C(C)(C)C)Cc1ccco1. The molecule has 19 heavy (non-hydrogen) atoms. The molecular formula is C14H22N2O3. The van der Waals surface area contributed by atoms with Crippen molar-refractivity contribution in [3.8, 4) is 0 Å². The van der Waals surface area contributed by atoms with Crippen LogP contribution in [0.15, 0.2) is 22.8 Å². The van der Waals surface area contributed by atoms with E-state index in [-0.39, 0.29) is 11.8 Å². The van der Waals surface area contributed by atoms with Crippen molar-refractivity contribution in [3.05, 3.63) is 24.2 Å². The lowest BCUT2D eigenvalue weighted by Gasteiger charge is -2.22. The fourth-order valence-corrected chi connectivity index (χ4v) is 1.51.